The lowest BCUT2D eigenvalue weighted by Gasteiger charge is -2.04. The van der Waals surface area contributed by atoms with E-state index in [4.69, 9.17) is 14.9 Å². The number of nitrogens with two attached hydrogens (primary N) is 1. The van der Waals surface area contributed by atoms with E-state index in [1.165, 1.54) is 6.07 Å². The van der Waals surface area contributed by atoms with Crippen molar-refractivity contribution in [2.24, 2.45) is 0 Å². The van der Waals surface area contributed by atoms with Crippen LogP contribution in [-0.4, -0.2) is 20.4 Å². The number of phenolic OH excluding ortho intramolecular Hbond substituents is 1. The van der Waals surface area contributed by atoms with Crippen LogP contribution in [0, 0.1) is 6.92 Å². The molecule has 0 spiro atoms. The van der Waals surface area contributed by atoms with Crippen molar-refractivity contribution in [3.63, 3.8) is 0 Å². The number of furan rings is 1. The van der Waals surface area contributed by atoms with Crippen molar-refractivity contribution < 1.29 is 18.9 Å². The van der Waals surface area contributed by atoms with Crippen molar-refractivity contribution in [2.75, 3.05) is 5.73 Å². The summed E-state index contributed by atoms with van der Waals surface area (Å²) >= 11 is 0. The Balaban J connectivity index is 1.76. The van der Waals surface area contributed by atoms with Crippen LogP contribution in [0.25, 0.3) is 22.4 Å². The molecule has 0 aliphatic heterocycles. The molecule has 4 rings (SSSR count). The first-order valence-electron chi connectivity index (χ1n) is 7.06. The van der Waals surface area contributed by atoms with Gasteiger partial charge in [-0.3, -0.25) is 0 Å². The van der Waals surface area contributed by atoms with E-state index in [0.29, 0.717) is 28.7 Å². The SMILES string of the molecule is Cc1c(-c2nonc2N)oc2cnc(Oc3cccc(O)c3)cc12. The fourth-order valence-corrected chi connectivity index (χ4v) is 2.41. The summed E-state index contributed by atoms with van der Waals surface area (Å²) in [5.74, 6) is 1.59. The number of aryl methyl sites for hydroxylation is 1. The Morgan fingerprint density at radius 2 is 2.08 bits per heavy atom. The molecule has 3 N–H and O–H groups in total. The minimum Gasteiger partial charge on any atom is -0.508 e. The van der Waals surface area contributed by atoms with Gasteiger partial charge in [0.25, 0.3) is 0 Å². The summed E-state index contributed by atoms with van der Waals surface area (Å²) in [5.41, 5.74) is 7.44. The zero-order valence-corrected chi connectivity index (χ0v) is 12.6. The number of phenols is 1. The van der Waals surface area contributed by atoms with E-state index in [9.17, 15) is 5.11 Å². The zero-order chi connectivity index (χ0) is 16.7. The maximum Gasteiger partial charge on any atom is 0.220 e. The van der Waals surface area contributed by atoms with Gasteiger partial charge in [-0.15, -0.1) is 0 Å². The van der Waals surface area contributed by atoms with Crippen molar-refractivity contribution in [2.45, 2.75) is 6.92 Å². The molecule has 120 valence electrons. The second kappa shape index (κ2) is 5.27. The lowest BCUT2D eigenvalue weighted by molar-refractivity contribution is 0.309. The number of ether oxygens (including phenoxy) is 1. The number of pyridine rings is 1. The molecule has 4 aromatic rings. The van der Waals surface area contributed by atoms with Gasteiger partial charge in [0.1, 0.15) is 11.5 Å². The molecule has 8 nitrogen and oxygen atoms in total. The largest absolute Gasteiger partial charge is 0.508 e. The average Bonchev–Trinajstić information content (AvgIpc) is 3.11. The third-order valence-corrected chi connectivity index (χ3v) is 3.57. The second-order valence-electron chi connectivity index (χ2n) is 5.17. The van der Waals surface area contributed by atoms with Crippen molar-refractivity contribution >= 4 is 16.8 Å². The quantitative estimate of drug-likeness (QED) is 0.589. The van der Waals surface area contributed by atoms with Crippen molar-refractivity contribution in [1.82, 2.24) is 15.3 Å². The topological polar surface area (TPSA) is 120 Å². The highest BCUT2D eigenvalue weighted by Gasteiger charge is 2.19. The van der Waals surface area contributed by atoms with E-state index in [0.717, 1.165) is 10.9 Å². The number of anilines is 1. The third-order valence-electron chi connectivity index (χ3n) is 3.57. The van der Waals surface area contributed by atoms with Gasteiger partial charge >= 0.3 is 0 Å². The van der Waals surface area contributed by atoms with Crippen LogP contribution in [0.15, 0.2) is 45.6 Å². The van der Waals surface area contributed by atoms with Crippen molar-refractivity contribution in [1.29, 1.82) is 0 Å². The Morgan fingerprint density at radius 1 is 1.21 bits per heavy atom. The molecule has 8 heteroatoms. The fraction of sp³-hybridized carbons (Fsp3) is 0.0625. The Labute approximate surface area is 135 Å². The molecule has 0 saturated heterocycles. The number of benzene rings is 1. The summed E-state index contributed by atoms with van der Waals surface area (Å²) in [6, 6.07) is 8.21. The molecule has 1 aromatic carbocycles. The van der Waals surface area contributed by atoms with Crippen molar-refractivity contribution in [3.8, 4) is 28.8 Å². The lowest BCUT2D eigenvalue weighted by atomic mass is 10.1. The van der Waals surface area contributed by atoms with Gasteiger partial charge in [0, 0.05) is 23.1 Å². The monoisotopic (exact) mass is 324 g/mol. The molecular weight excluding hydrogens is 312 g/mol. The molecule has 0 bridgehead atoms. The molecule has 3 heterocycles. The molecule has 0 aliphatic rings. The highest BCUT2D eigenvalue weighted by Crippen LogP contribution is 2.35. The summed E-state index contributed by atoms with van der Waals surface area (Å²) in [4.78, 5) is 4.20. The number of nitrogen functional groups attached to an aromatic ring is 1. The van der Waals surface area contributed by atoms with Crippen LogP contribution in [0.1, 0.15) is 5.56 Å². The molecule has 3 aromatic heterocycles. The Kier molecular flexibility index (Phi) is 3.09. The number of rotatable bonds is 3. The van der Waals surface area contributed by atoms with Crippen LogP contribution >= 0.6 is 0 Å². The summed E-state index contributed by atoms with van der Waals surface area (Å²) in [7, 11) is 0. The number of hydrogen-bond donors (Lipinski definition) is 2. The molecular formula is C16H12N4O4. The number of fused-ring (bicyclic) bond motifs is 1. The predicted octanol–water partition coefficient (Wildman–Crippen LogP) is 3.27. The summed E-state index contributed by atoms with van der Waals surface area (Å²) in [5, 5.41) is 17.6. The van der Waals surface area contributed by atoms with E-state index >= 15 is 0 Å². The van der Waals surface area contributed by atoms with Gasteiger partial charge in [-0.25, -0.2) is 9.61 Å². The Morgan fingerprint density at radius 3 is 2.83 bits per heavy atom. The van der Waals surface area contributed by atoms with Gasteiger partial charge in [-0.1, -0.05) is 6.07 Å². The Hall–Kier alpha value is -3.55. The zero-order valence-electron chi connectivity index (χ0n) is 12.6. The molecule has 24 heavy (non-hydrogen) atoms. The summed E-state index contributed by atoms with van der Waals surface area (Å²) in [6.07, 6.45) is 1.55. The highest BCUT2D eigenvalue weighted by molar-refractivity contribution is 5.88. The molecule has 0 radical (unpaired) electrons. The first-order valence-corrected chi connectivity index (χ1v) is 7.06. The maximum absolute atomic E-state index is 9.49. The minimum absolute atomic E-state index is 0.115. The van der Waals surface area contributed by atoms with Crippen LogP contribution in [0.3, 0.4) is 0 Å². The molecule has 0 atom stereocenters. The molecule has 0 saturated carbocycles. The van der Waals surface area contributed by atoms with Crippen LogP contribution in [0.5, 0.6) is 17.4 Å². The number of aromatic nitrogens is 3. The second-order valence-corrected chi connectivity index (χ2v) is 5.17. The van der Waals surface area contributed by atoms with Crippen molar-refractivity contribution in [3.05, 3.63) is 42.1 Å². The van der Waals surface area contributed by atoms with E-state index in [2.05, 4.69) is 19.9 Å². The Bertz CT molecular complexity index is 1040. The highest BCUT2D eigenvalue weighted by atomic mass is 16.6. The van der Waals surface area contributed by atoms with Crippen LogP contribution < -0.4 is 10.5 Å². The van der Waals surface area contributed by atoms with Crippen LogP contribution in [-0.2, 0) is 0 Å². The van der Waals surface area contributed by atoms with Gasteiger partial charge in [0.2, 0.25) is 5.88 Å². The normalized spacial score (nSPS) is 11.0. The average molecular weight is 324 g/mol. The minimum atomic E-state index is 0.115. The van der Waals surface area contributed by atoms with Gasteiger partial charge in [-0.05, 0) is 29.4 Å². The maximum atomic E-state index is 9.49. The first kappa shape index (κ1) is 14.1. The molecule has 0 amide bonds. The van der Waals surface area contributed by atoms with Gasteiger partial charge < -0.3 is 20.0 Å². The van der Waals surface area contributed by atoms with E-state index in [1.54, 1.807) is 30.5 Å². The van der Waals surface area contributed by atoms with Crippen LogP contribution in [0.2, 0.25) is 0 Å². The number of hydrogen-bond acceptors (Lipinski definition) is 8. The number of aromatic hydroxyl groups is 1. The van der Waals surface area contributed by atoms with E-state index in [1.807, 2.05) is 6.92 Å². The predicted molar refractivity (Wildman–Crippen MR) is 84.6 cm³/mol. The fourth-order valence-electron chi connectivity index (χ4n) is 2.41. The summed E-state index contributed by atoms with van der Waals surface area (Å²) < 4.78 is 16.0. The standard InChI is InChI=1S/C16H12N4O4/c1-8-11-6-13(22-10-4-2-3-9(21)5-10)18-7-12(11)23-15(8)14-16(17)20-24-19-14/h2-7,21H,1H3,(H2,17,20). The van der Waals surface area contributed by atoms with E-state index < -0.39 is 0 Å². The van der Waals surface area contributed by atoms with Gasteiger partial charge in [0.15, 0.2) is 22.9 Å². The third kappa shape index (κ3) is 2.30. The first-order chi connectivity index (χ1) is 11.6. The number of nitrogens with zero attached hydrogens (tertiary/aromatic N) is 3. The van der Waals surface area contributed by atoms with Crippen LogP contribution in [0.4, 0.5) is 5.82 Å². The van der Waals surface area contributed by atoms with Gasteiger partial charge in [0.05, 0.1) is 6.20 Å². The molecule has 0 fully saturated rings. The molecule has 0 unspecified atom stereocenters. The molecule has 0 aliphatic carbocycles. The van der Waals surface area contributed by atoms with Gasteiger partial charge in [-0.2, -0.15) is 0 Å². The summed E-state index contributed by atoms with van der Waals surface area (Å²) in [6.45, 7) is 1.87. The van der Waals surface area contributed by atoms with E-state index in [-0.39, 0.29) is 11.6 Å². The smallest absolute Gasteiger partial charge is 0.220 e. The lowest BCUT2D eigenvalue weighted by Crippen LogP contribution is -1.88.